The van der Waals surface area contributed by atoms with Crippen LogP contribution in [0.25, 0.3) is 0 Å². The van der Waals surface area contributed by atoms with Gasteiger partial charge in [0.05, 0.1) is 6.61 Å². The molecule has 0 heterocycles. The molecule has 2 nitrogen and oxygen atoms in total. The zero-order chi connectivity index (χ0) is 5.54. The quantitative estimate of drug-likeness (QED) is 0.385. The fourth-order valence-corrected chi connectivity index (χ4v) is 0.202. The molecule has 0 aliphatic carbocycles. The Labute approximate surface area is 44.2 Å². The third-order valence-corrected chi connectivity index (χ3v) is 0.498. The number of hydrogen-bond donors (Lipinski definition) is 0. The van der Waals surface area contributed by atoms with Gasteiger partial charge < -0.3 is 4.74 Å². The van der Waals surface area contributed by atoms with E-state index in [4.69, 9.17) is 4.74 Å². The molecule has 7 heavy (non-hydrogen) atoms. The van der Waals surface area contributed by atoms with Gasteiger partial charge in [0.2, 0.25) is 0 Å². The van der Waals surface area contributed by atoms with E-state index in [-0.39, 0.29) is 0 Å². The summed E-state index contributed by atoms with van der Waals surface area (Å²) in [5.41, 5.74) is 0. The normalized spacial score (nSPS) is 10.0. The maximum absolute atomic E-state index is 4.78. The first-order chi connectivity index (χ1) is 3.41. The van der Waals surface area contributed by atoms with Crippen LogP contribution < -0.4 is 0 Å². The van der Waals surface area contributed by atoms with Crippen molar-refractivity contribution >= 4 is 6.40 Å². The summed E-state index contributed by atoms with van der Waals surface area (Å²) in [6.45, 7) is 5.42. The summed E-state index contributed by atoms with van der Waals surface area (Å²) in [7, 11) is 0. The Morgan fingerprint density at radius 2 is 2.29 bits per heavy atom. The van der Waals surface area contributed by atoms with Crippen molar-refractivity contribution in [1.82, 2.24) is 0 Å². The van der Waals surface area contributed by atoms with Crippen LogP contribution in [-0.4, -0.2) is 19.6 Å². The zero-order valence-corrected chi connectivity index (χ0v) is 4.85. The first-order valence-corrected chi connectivity index (χ1v) is 2.51. The Morgan fingerprint density at radius 1 is 1.57 bits per heavy atom. The molecule has 0 spiro atoms. The molecule has 2 heteroatoms. The van der Waals surface area contributed by atoms with Gasteiger partial charge in [-0.3, -0.25) is 4.99 Å². The Bertz CT molecular complexity index is 52.0. The van der Waals surface area contributed by atoms with E-state index < -0.39 is 0 Å². The smallest absolute Gasteiger partial charge is 0.169 e. The van der Waals surface area contributed by atoms with Crippen molar-refractivity contribution in [2.75, 3.05) is 13.2 Å². The van der Waals surface area contributed by atoms with E-state index in [9.17, 15) is 0 Å². The van der Waals surface area contributed by atoms with Crippen LogP contribution in [0.5, 0.6) is 0 Å². The fraction of sp³-hybridized carbons (Fsp3) is 0.800. The van der Waals surface area contributed by atoms with Crippen LogP contribution in [0.4, 0.5) is 0 Å². The third-order valence-electron chi connectivity index (χ3n) is 0.498. The Kier molecular flexibility index (Phi) is 5.06. The van der Waals surface area contributed by atoms with Gasteiger partial charge in [-0.1, -0.05) is 0 Å². The number of hydrogen-bond acceptors (Lipinski definition) is 2. The highest BCUT2D eigenvalue weighted by Crippen LogP contribution is 1.66. The second-order valence-electron chi connectivity index (χ2n) is 1.06. The van der Waals surface area contributed by atoms with Gasteiger partial charge >= 0.3 is 0 Å². The van der Waals surface area contributed by atoms with E-state index in [0.29, 0.717) is 6.61 Å². The summed E-state index contributed by atoms with van der Waals surface area (Å²) in [5, 5.41) is 0. The molecule has 0 rings (SSSR count). The van der Waals surface area contributed by atoms with Gasteiger partial charge in [0, 0.05) is 6.54 Å². The van der Waals surface area contributed by atoms with Gasteiger partial charge in [0.15, 0.2) is 6.40 Å². The predicted octanol–water partition coefficient (Wildman–Crippen LogP) is 1.07. The lowest BCUT2D eigenvalue weighted by Crippen LogP contribution is -1.84. The van der Waals surface area contributed by atoms with E-state index in [1.54, 1.807) is 0 Å². The molecule has 0 unspecified atom stereocenters. The van der Waals surface area contributed by atoms with Gasteiger partial charge in [-0.05, 0) is 13.8 Å². The summed E-state index contributed by atoms with van der Waals surface area (Å²) < 4.78 is 4.78. The van der Waals surface area contributed by atoms with Crippen molar-refractivity contribution < 1.29 is 4.74 Å². The molecule has 0 atom stereocenters. The topological polar surface area (TPSA) is 21.6 Å². The van der Waals surface area contributed by atoms with Crippen LogP contribution in [0.1, 0.15) is 13.8 Å². The molecule has 0 aliphatic heterocycles. The molecule has 0 fully saturated rings. The minimum atomic E-state index is 0.712. The summed E-state index contributed by atoms with van der Waals surface area (Å²) >= 11 is 0. The van der Waals surface area contributed by atoms with Crippen LogP contribution in [-0.2, 0) is 4.74 Å². The number of rotatable bonds is 3. The van der Waals surface area contributed by atoms with Crippen molar-refractivity contribution in [3.63, 3.8) is 0 Å². The van der Waals surface area contributed by atoms with Crippen LogP contribution in [0.15, 0.2) is 4.99 Å². The molecule has 0 radical (unpaired) electrons. The van der Waals surface area contributed by atoms with E-state index in [0.717, 1.165) is 6.54 Å². The van der Waals surface area contributed by atoms with E-state index in [1.807, 2.05) is 13.8 Å². The van der Waals surface area contributed by atoms with Crippen molar-refractivity contribution in [2.24, 2.45) is 4.99 Å². The molecule has 0 aromatic rings. The van der Waals surface area contributed by atoms with Crippen LogP contribution in [0.3, 0.4) is 0 Å². The predicted molar refractivity (Wildman–Crippen MR) is 30.7 cm³/mol. The van der Waals surface area contributed by atoms with Crippen LogP contribution in [0.2, 0.25) is 0 Å². The molecule has 0 N–H and O–H groups in total. The highest BCUT2D eigenvalue weighted by Gasteiger charge is 1.65. The Hall–Kier alpha value is -0.530. The van der Waals surface area contributed by atoms with Crippen molar-refractivity contribution in [3.8, 4) is 0 Å². The molecular formula is C5H11NO. The van der Waals surface area contributed by atoms with E-state index >= 15 is 0 Å². The van der Waals surface area contributed by atoms with Crippen LogP contribution >= 0.6 is 0 Å². The minimum Gasteiger partial charge on any atom is -0.484 e. The Balaban J connectivity index is 2.78. The zero-order valence-electron chi connectivity index (χ0n) is 4.85. The van der Waals surface area contributed by atoms with Gasteiger partial charge in [0.1, 0.15) is 0 Å². The highest BCUT2D eigenvalue weighted by atomic mass is 16.5. The largest absolute Gasteiger partial charge is 0.484 e. The van der Waals surface area contributed by atoms with Crippen LogP contribution in [0, 0.1) is 0 Å². The summed E-state index contributed by atoms with van der Waals surface area (Å²) in [5.74, 6) is 0. The number of aliphatic imine (C=N–C) groups is 1. The average molecular weight is 101 g/mol. The maximum Gasteiger partial charge on any atom is 0.169 e. The first kappa shape index (κ1) is 6.47. The lowest BCUT2D eigenvalue weighted by atomic mass is 10.8. The molecule has 42 valence electrons. The van der Waals surface area contributed by atoms with Gasteiger partial charge in [-0.15, -0.1) is 0 Å². The summed E-state index contributed by atoms with van der Waals surface area (Å²) in [6, 6.07) is 0. The minimum absolute atomic E-state index is 0.712. The second kappa shape index (κ2) is 5.47. The SMILES string of the molecule is CCN=COCC. The molecule has 0 bridgehead atoms. The number of nitrogens with zero attached hydrogens (tertiary/aromatic N) is 1. The van der Waals surface area contributed by atoms with E-state index in [1.165, 1.54) is 6.40 Å². The van der Waals surface area contributed by atoms with E-state index in [2.05, 4.69) is 4.99 Å². The monoisotopic (exact) mass is 101 g/mol. The lowest BCUT2D eigenvalue weighted by Gasteiger charge is -1.87. The molecule has 0 aliphatic rings. The second-order valence-corrected chi connectivity index (χ2v) is 1.06. The van der Waals surface area contributed by atoms with Gasteiger partial charge in [-0.2, -0.15) is 0 Å². The van der Waals surface area contributed by atoms with Crippen molar-refractivity contribution in [1.29, 1.82) is 0 Å². The average Bonchev–Trinajstić information content (AvgIpc) is 1.69. The number of ether oxygens (including phenoxy) is 1. The molecular weight excluding hydrogens is 90.1 g/mol. The standard InChI is InChI=1S/C5H11NO/c1-3-6-5-7-4-2/h5H,3-4H2,1-2H3. The molecule has 0 aromatic carbocycles. The third kappa shape index (κ3) is 5.47. The Morgan fingerprint density at radius 3 is 2.71 bits per heavy atom. The molecule has 0 aromatic heterocycles. The first-order valence-electron chi connectivity index (χ1n) is 2.51. The fourth-order valence-electron chi connectivity index (χ4n) is 0.202. The maximum atomic E-state index is 4.78. The highest BCUT2D eigenvalue weighted by molar-refractivity contribution is 5.45. The van der Waals surface area contributed by atoms with Crippen molar-refractivity contribution in [2.45, 2.75) is 13.8 Å². The lowest BCUT2D eigenvalue weighted by molar-refractivity contribution is 0.342. The molecule has 0 saturated heterocycles. The van der Waals surface area contributed by atoms with Gasteiger partial charge in [-0.25, -0.2) is 0 Å². The molecule has 0 saturated carbocycles. The summed E-state index contributed by atoms with van der Waals surface area (Å²) in [4.78, 5) is 3.81. The van der Waals surface area contributed by atoms with Gasteiger partial charge in [0.25, 0.3) is 0 Å². The molecule has 0 amide bonds. The summed E-state index contributed by atoms with van der Waals surface area (Å²) in [6.07, 6.45) is 1.49. The van der Waals surface area contributed by atoms with Crippen molar-refractivity contribution in [3.05, 3.63) is 0 Å².